The minimum atomic E-state index is 0.00521. The number of hydrogen-bond donors (Lipinski definition) is 0. The molecule has 0 aliphatic heterocycles. The normalized spacial score (nSPS) is 12.2. The number of fused-ring (bicyclic) bond motifs is 1. The van der Waals surface area contributed by atoms with Gasteiger partial charge in [0.05, 0.1) is 12.5 Å². The van der Waals surface area contributed by atoms with Gasteiger partial charge in [0.25, 0.3) is 5.56 Å². The molecule has 6 heteroatoms. The Morgan fingerprint density at radius 1 is 1.29 bits per heavy atom. The maximum absolute atomic E-state index is 12.6. The van der Waals surface area contributed by atoms with Crippen LogP contribution in [-0.2, 0) is 13.6 Å². The molecule has 0 atom stereocenters. The summed E-state index contributed by atoms with van der Waals surface area (Å²) in [4.78, 5) is 17.0. The van der Waals surface area contributed by atoms with Crippen molar-refractivity contribution in [3.8, 4) is 0 Å². The highest BCUT2D eigenvalue weighted by Crippen LogP contribution is 2.33. The van der Waals surface area contributed by atoms with Crippen molar-refractivity contribution in [3.63, 3.8) is 0 Å². The molecule has 0 spiro atoms. The van der Waals surface area contributed by atoms with Gasteiger partial charge in [0.15, 0.2) is 5.65 Å². The lowest BCUT2D eigenvalue weighted by atomic mass is 9.81. The molecular formula is C15H23BrN4O. The van der Waals surface area contributed by atoms with Gasteiger partial charge >= 0.3 is 0 Å². The Balaban J connectivity index is 2.41. The Morgan fingerprint density at radius 3 is 2.52 bits per heavy atom. The van der Waals surface area contributed by atoms with Crippen LogP contribution in [0.1, 0.15) is 39.5 Å². The summed E-state index contributed by atoms with van der Waals surface area (Å²) in [6, 6.07) is 0. The number of alkyl halides is 1. The number of aryl methyl sites for hydroxylation is 1. The monoisotopic (exact) mass is 354 g/mol. The predicted octanol–water partition coefficient (Wildman–Crippen LogP) is 3.11. The van der Waals surface area contributed by atoms with Crippen LogP contribution in [0.2, 0.25) is 0 Å². The van der Waals surface area contributed by atoms with Gasteiger partial charge in [-0.25, -0.2) is 4.98 Å². The van der Waals surface area contributed by atoms with Gasteiger partial charge in [-0.3, -0.25) is 14.0 Å². The number of aromatic nitrogens is 4. The average molecular weight is 355 g/mol. The topological polar surface area (TPSA) is 52.7 Å². The van der Waals surface area contributed by atoms with Crippen molar-refractivity contribution in [2.45, 2.75) is 46.1 Å². The van der Waals surface area contributed by atoms with Crippen molar-refractivity contribution >= 4 is 27.0 Å². The third-order valence-electron chi connectivity index (χ3n) is 4.07. The molecule has 0 saturated carbocycles. The summed E-state index contributed by atoms with van der Waals surface area (Å²) in [5, 5.41) is 5.61. The van der Waals surface area contributed by atoms with Gasteiger partial charge in [-0.2, -0.15) is 5.10 Å². The van der Waals surface area contributed by atoms with Crippen molar-refractivity contribution in [2.75, 3.05) is 5.33 Å². The molecule has 0 aromatic carbocycles. The fourth-order valence-corrected chi connectivity index (χ4v) is 3.80. The van der Waals surface area contributed by atoms with Crippen LogP contribution in [0.25, 0.3) is 11.0 Å². The van der Waals surface area contributed by atoms with E-state index >= 15 is 0 Å². The molecule has 0 aliphatic rings. The van der Waals surface area contributed by atoms with Crippen molar-refractivity contribution in [1.82, 2.24) is 19.3 Å². The largest absolute Gasteiger partial charge is 0.298 e. The third-order valence-corrected chi connectivity index (χ3v) is 5.26. The van der Waals surface area contributed by atoms with Gasteiger partial charge in [0, 0.05) is 18.9 Å². The van der Waals surface area contributed by atoms with E-state index in [1.54, 1.807) is 28.8 Å². The van der Waals surface area contributed by atoms with Crippen LogP contribution < -0.4 is 5.56 Å². The number of nitrogens with zero attached hydrogens (tertiary/aromatic N) is 4. The molecule has 0 amide bonds. The zero-order valence-corrected chi connectivity index (χ0v) is 14.6. The lowest BCUT2D eigenvalue weighted by molar-refractivity contribution is 0.230. The van der Waals surface area contributed by atoms with Gasteiger partial charge < -0.3 is 0 Å². The second-order valence-corrected chi connectivity index (χ2v) is 6.38. The van der Waals surface area contributed by atoms with Crippen LogP contribution in [0.15, 0.2) is 17.3 Å². The predicted molar refractivity (Wildman–Crippen MR) is 88.8 cm³/mol. The summed E-state index contributed by atoms with van der Waals surface area (Å²) in [5.74, 6) is 0. The fourth-order valence-electron chi connectivity index (χ4n) is 3.06. The maximum atomic E-state index is 12.6. The van der Waals surface area contributed by atoms with Gasteiger partial charge in [-0.15, -0.1) is 0 Å². The molecule has 0 fully saturated rings. The highest BCUT2D eigenvalue weighted by atomic mass is 79.9. The molecule has 0 radical (unpaired) electrons. The summed E-state index contributed by atoms with van der Waals surface area (Å²) in [6.07, 6.45) is 7.70. The SMILES string of the molecule is CCCC(CBr)(CCC)Cn1cnc2c(cnn2C)c1=O. The van der Waals surface area contributed by atoms with Crippen LogP contribution in [0.5, 0.6) is 0 Å². The Labute approximate surface area is 133 Å². The van der Waals surface area contributed by atoms with Gasteiger partial charge in [-0.05, 0) is 18.3 Å². The molecule has 0 unspecified atom stereocenters. The van der Waals surface area contributed by atoms with Crippen molar-refractivity contribution in [3.05, 3.63) is 22.9 Å². The van der Waals surface area contributed by atoms with Gasteiger partial charge in [0.2, 0.25) is 0 Å². The van der Waals surface area contributed by atoms with Crippen LogP contribution in [0.3, 0.4) is 0 Å². The zero-order chi connectivity index (χ0) is 15.5. The second-order valence-electron chi connectivity index (χ2n) is 5.82. The molecular weight excluding hydrogens is 332 g/mol. The molecule has 116 valence electrons. The van der Waals surface area contributed by atoms with E-state index in [2.05, 4.69) is 39.9 Å². The first-order chi connectivity index (χ1) is 10.1. The van der Waals surface area contributed by atoms with Crippen LogP contribution >= 0.6 is 15.9 Å². The van der Waals surface area contributed by atoms with E-state index < -0.39 is 0 Å². The molecule has 5 nitrogen and oxygen atoms in total. The van der Waals surface area contributed by atoms with E-state index in [4.69, 9.17) is 0 Å². The van der Waals surface area contributed by atoms with Gasteiger partial charge in [-0.1, -0.05) is 42.6 Å². The Bertz CT molecular complexity index is 655. The molecule has 2 aromatic heterocycles. The fraction of sp³-hybridized carbons (Fsp3) is 0.667. The van der Waals surface area contributed by atoms with E-state index in [1.165, 1.54) is 0 Å². The third kappa shape index (κ3) is 3.20. The molecule has 0 saturated heterocycles. The molecule has 0 aliphatic carbocycles. The van der Waals surface area contributed by atoms with E-state index in [-0.39, 0.29) is 11.0 Å². The first-order valence-electron chi connectivity index (χ1n) is 7.50. The second kappa shape index (κ2) is 6.73. The Kier molecular flexibility index (Phi) is 5.19. The first-order valence-corrected chi connectivity index (χ1v) is 8.62. The van der Waals surface area contributed by atoms with Gasteiger partial charge in [0.1, 0.15) is 5.39 Å². The molecule has 21 heavy (non-hydrogen) atoms. The lowest BCUT2D eigenvalue weighted by Crippen LogP contribution is -2.34. The molecule has 2 heterocycles. The summed E-state index contributed by atoms with van der Waals surface area (Å²) in [5.41, 5.74) is 0.766. The summed E-state index contributed by atoms with van der Waals surface area (Å²) in [7, 11) is 1.80. The molecule has 2 aromatic rings. The maximum Gasteiger partial charge on any atom is 0.264 e. The quantitative estimate of drug-likeness (QED) is 0.717. The number of hydrogen-bond acceptors (Lipinski definition) is 3. The minimum absolute atomic E-state index is 0.00521. The van der Waals surface area contributed by atoms with E-state index in [9.17, 15) is 4.79 Å². The standard InChI is InChI=1S/C15H23BrN4O/c1-4-6-15(9-16,7-5-2)10-20-11-17-13-12(14(20)21)8-18-19(13)3/h8,11H,4-7,9-10H2,1-3H3. The average Bonchev–Trinajstić information content (AvgIpc) is 2.85. The van der Waals surface area contributed by atoms with Crippen molar-refractivity contribution < 1.29 is 0 Å². The highest BCUT2D eigenvalue weighted by Gasteiger charge is 2.28. The minimum Gasteiger partial charge on any atom is -0.298 e. The Morgan fingerprint density at radius 2 is 1.95 bits per heavy atom. The van der Waals surface area contributed by atoms with E-state index in [1.807, 2.05) is 0 Å². The van der Waals surface area contributed by atoms with Crippen LogP contribution in [0.4, 0.5) is 0 Å². The number of rotatable bonds is 7. The summed E-state index contributed by atoms with van der Waals surface area (Å²) < 4.78 is 3.38. The zero-order valence-electron chi connectivity index (χ0n) is 13.0. The van der Waals surface area contributed by atoms with E-state index in [0.29, 0.717) is 17.6 Å². The molecule has 0 bridgehead atoms. The molecule has 2 rings (SSSR count). The van der Waals surface area contributed by atoms with Crippen LogP contribution in [-0.4, -0.2) is 24.7 Å². The van der Waals surface area contributed by atoms with Crippen molar-refractivity contribution in [1.29, 1.82) is 0 Å². The smallest absolute Gasteiger partial charge is 0.264 e. The molecule has 0 N–H and O–H groups in total. The first kappa shape index (κ1) is 16.2. The van der Waals surface area contributed by atoms with E-state index in [0.717, 1.165) is 31.0 Å². The summed E-state index contributed by atoms with van der Waals surface area (Å²) in [6.45, 7) is 5.09. The number of halogens is 1. The summed E-state index contributed by atoms with van der Waals surface area (Å²) >= 11 is 3.66. The van der Waals surface area contributed by atoms with Crippen molar-refractivity contribution in [2.24, 2.45) is 12.5 Å². The highest BCUT2D eigenvalue weighted by molar-refractivity contribution is 9.09. The lowest BCUT2D eigenvalue weighted by Gasteiger charge is -2.32. The Hall–Kier alpha value is -1.17. The van der Waals surface area contributed by atoms with Crippen LogP contribution in [0, 0.1) is 5.41 Å².